The van der Waals surface area contributed by atoms with Crippen LogP contribution in [0.25, 0.3) is 10.8 Å². The summed E-state index contributed by atoms with van der Waals surface area (Å²) < 4.78 is 31.9. The highest BCUT2D eigenvalue weighted by Gasteiger charge is 2.35. The van der Waals surface area contributed by atoms with Gasteiger partial charge in [0.2, 0.25) is 0 Å². The first-order valence-corrected chi connectivity index (χ1v) is 6.62. The van der Waals surface area contributed by atoms with Crippen molar-refractivity contribution in [2.45, 2.75) is 25.8 Å². The maximum atomic E-state index is 13.4. The average Bonchev–Trinajstić information content (AvgIpc) is 2.46. The molecule has 2 nitrogen and oxygen atoms in total. The van der Waals surface area contributed by atoms with Gasteiger partial charge in [-0.05, 0) is 48.0 Å². The number of rotatable bonds is 5. The summed E-state index contributed by atoms with van der Waals surface area (Å²) in [5.74, 6) is 0.758. The van der Waals surface area contributed by atoms with E-state index in [4.69, 9.17) is 4.74 Å². The molecule has 0 aromatic heterocycles. The Bertz CT molecular complexity index is 600. The van der Waals surface area contributed by atoms with Crippen LogP contribution in [0.1, 0.15) is 19.4 Å². The highest BCUT2D eigenvalue weighted by Crippen LogP contribution is 2.31. The second-order valence-electron chi connectivity index (χ2n) is 4.96. The monoisotopic (exact) mass is 279 g/mol. The fraction of sp³-hybridized carbons (Fsp3) is 0.375. The van der Waals surface area contributed by atoms with Crippen LogP contribution in [0.4, 0.5) is 8.78 Å². The first-order chi connectivity index (χ1) is 9.51. The third kappa shape index (κ3) is 2.61. The number of methoxy groups -OCH3 is 1. The van der Waals surface area contributed by atoms with Crippen LogP contribution in [-0.4, -0.2) is 20.1 Å². The smallest absolute Gasteiger partial charge is 0.260 e. The van der Waals surface area contributed by atoms with Gasteiger partial charge in [0.1, 0.15) is 11.3 Å². The van der Waals surface area contributed by atoms with Gasteiger partial charge in [-0.2, -0.15) is 0 Å². The van der Waals surface area contributed by atoms with Gasteiger partial charge in [0.15, 0.2) is 0 Å². The minimum Gasteiger partial charge on any atom is -0.497 e. The third-order valence-corrected chi connectivity index (χ3v) is 3.63. The molecule has 0 radical (unpaired) electrons. The number of ether oxygens (including phenoxy) is 1. The van der Waals surface area contributed by atoms with E-state index in [-0.39, 0.29) is 0 Å². The van der Waals surface area contributed by atoms with Gasteiger partial charge in [-0.25, -0.2) is 8.78 Å². The third-order valence-electron chi connectivity index (χ3n) is 3.63. The number of hydrogen-bond acceptors (Lipinski definition) is 2. The van der Waals surface area contributed by atoms with E-state index in [9.17, 15) is 8.78 Å². The highest BCUT2D eigenvalue weighted by molar-refractivity contribution is 5.84. The van der Waals surface area contributed by atoms with Gasteiger partial charge in [0, 0.05) is 0 Å². The van der Waals surface area contributed by atoms with E-state index >= 15 is 0 Å². The molecule has 0 aliphatic heterocycles. The van der Waals surface area contributed by atoms with Crippen LogP contribution < -0.4 is 10.1 Å². The van der Waals surface area contributed by atoms with Crippen LogP contribution in [0, 0.1) is 0 Å². The molecule has 4 heteroatoms. The first-order valence-electron chi connectivity index (χ1n) is 6.62. The molecule has 0 aliphatic carbocycles. The van der Waals surface area contributed by atoms with Crippen molar-refractivity contribution in [1.29, 1.82) is 0 Å². The summed E-state index contributed by atoms with van der Waals surface area (Å²) in [7, 11) is 1.61. The topological polar surface area (TPSA) is 21.3 Å². The van der Waals surface area contributed by atoms with E-state index in [0.29, 0.717) is 12.1 Å². The summed E-state index contributed by atoms with van der Waals surface area (Å²) in [6.07, 6.45) is -2.47. The number of nitrogens with one attached hydrogen (secondary N) is 1. The van der Waals surface area contributed by atoms with Crippen molar-refractivity contribution in [3.05, 3.63) is 42.0 Å². The Kier molecular flexibility index (Phi) is 4.23. The molecule has 2 aromatic carbocycles. The van der Waals surface area contributed by atoms with Gasteiger partial charge >= 0.3 is 0 Å². The molecule has 20 heavy (non-hydrogen) atoms. The Balaban J connectivity index is 2.50. The van der Waals surface area contributed by atoms with Crippen LogP contribution in [0.15, 0.2) is 36.4 Å². The Hall–Kier alpha value is -1.68. The second kappa shape index (κ2) is 5.75. The molecule has 0 heterocycles. The van der Waals surface area contributed by atoms with Crippen LogP contribution in [0.3, 0.4) is 0 Å². The van der Waals surface area contributed by atoms with Gasteiger partial charge in [-0.1, -0.05) is 25.1 Å². The summed E-state index contributed by atoms with van der Waals surface area (Å²) in [6, 6.07) is 11.0. The normalized spacial score (nSPS) is 14.5. The quantitative estimate of drug-likeness (QED) is 0.895. The molecule has 108 valence electrons. The number of halogens is 2. The van der Waals surface area contributed by atoms with Crippen molar-refractivity contribution in [3.63, 3.8) is 0 Å². The van der Waals surface area contributed by atoms with Gasteiger partial charge in [-0.15, -0.1) is 0 Å². The van der Waals surface area contributed by atoms with Crippen molar-refractivity contribution in [1.82, 2.24) is 5.32 Å². The van der Waals surface area contributed by atoms with Gasteiger partial charge in [0.25, 0.3) is 6.43 Å². The van der Waals surface area contributed by atoms with Crippen molar-refractivity contribution >= 4 is 10.8 Å². The molecule has 0 fully saturated rings. The minimum absolute atomic E-state index is 0.488. The average molecular weight is 279 g/mol. The van der Waals surface area contributed by atoms with E-state index in [1.54, 1.807) is 13.2 Å². The molecule has 0 bridgehead atoms. The molecule has 0 saturated carbocycles. The zero-order valence-corrected chi connectivity index (χ0v) is 11.9. The number of alkyl halides is 2. The van der Waals surface area contributed by atoms with E-state index in [2.05, 4.69) is 5.32 Å². The lowest BCUT2D eigenvalue weighted by Crippen LogP contribution is -2.45. The molecule has 0 aliphatic rings. The van der Waals surface area contributed by atoms with Crippen molar-refractivity contribution in [3.8, 4) is 5.75 Å². The summed E-state index contributed by atoms with van der Waals surface area (Å²) in [5, 5.41) is 4.78. The summed E-state index contributed by atoms with van der Waals surface area (Å²) in [5.41, 5.74) is -0.741. The van der Waals surface area contributed by atoms with E-state index in [1.807, 2.05) is 37.3 Å². The molecule has 1 unspecified atom stereocenters. The Morgan fingerprint density at radius 1 is 1.15 bits per heavy atom. The zero-order chi connectivity index (χ0) is 14.8. The van der Waals surface area contributed by atoms with E-state index in [0.717, 1.165) is 16.5 Å². The van der Waals surface area contributed by atoms with Crippen LogP contribution in [0.5, 0.6) is 5.75 Å². The maximum absolute atomic E-state index is 13.4. The summed E-state index contributed by atoms with van der Waals surface area (Å²) in [6.45, 7) is 3.85. The van der Waals surface area contributed by atoms with Crippen molar-refractivity contribution in [2.24, 2.45) is 0 Å². The minimum atomic E-state index is -2.47. The van der Waals surface area contributed by atoms with E-state index < -0.39 is 12.0 Å². The van der Waals surface area contributed by atoms with Gasteiger partial charge < -0.3 is 10.1 Å². The Morgan fingerprint density at radius 3 is 2.40 bits per heavy atom. The van der Waals surface area contributed by atoms with Crippen molar-refractivity contribution in [2.75, 3.05) is 13.7 Å². The predicted molar refractivity (Wildman–Crippen MR) is 77.5 cm³/mol. The molecular formula is C16H19F2NO. The molecule has 0 spiro atoms. The maximum Gasteiger partial charge on any atom is 0.260 e. The number of hydrogen-bond donors (Lipinski definition) is 1. The fourth-order valence-electron chi connectivity index (χ4n) is 2.35. The number of fused-ring (bicyclic) bond motifs is 1. The molecule has 2 rings (SSSR count). The standard InChI is InChI=1S/C16H19F2NO/c1-4-19-16(2,15(17)18)13-7-5-12-10-14(20-3)8-6-11(12)9-13/h5-10,15,19H,4H2,1-3H3. The summed E-state index contributed by atoms with van der Waals surface area (Å²) >= 11 is 0. The van der Waals surface area contributed by atoms with E-state index in [1.165, 1.54) is 6.92 Å². The van der Waals surface area contributed by atoms with Crippen LogP contribution in [0.2, 0.25) is 0 Å². The lowest BCUT2D eigenvalue weighted by molar-refractivity contribution is 0.0395. The van der Waals surface area contributed by atoms with Crippen LogP contribution >= 0.6 is 0 Å². The van der Waals surface area contributed by atoms with Gasteiger partial charge in [0.05, 0.1) is 7.11 Å². The lowest BCUT2D eigenvalue weighted by atomic mass is 9.90. The Labute approximate surface area is 117 Å². The molecular weight excluding hydrogens is 260 g/mol. The van der Waals surface area contributed by atoms with Crippen molar-refractivity contribution < 1.29 is 13.5 Å². The molecule has 1 N–H and O–H groups in total. The molecule has 1 atom stereocenters. The SMILES string of the molecule is CCNC(C)(c1ccc2cc(OC)ccc2c1)C(F)F. The number of benzene rings is 2. The predicted octanol–water partition coefficient (Wildman–Crippen LogP) is 3.94. The molecule has 2 aromatic rings. The lowest BCUT2D eigenvalue weighted by Gasteiger charge is -2.30. The van der Waals surface area contributed by atoms with Gasteiger partial charge in [-0.3, -0.25) is 0 Å². The molecule has 0 saturated heterocycles. The largest absolute Gasteiger partial charge is 0.497 e. The zero-order valence-electron chi connectivity index (χ0n) is 11.9. The Morgan fingerprint density at radius 2 is 1.80 bits per heavy atom. The highest BCUT2D eigenvalue weighted by atomic mass is 19.3. The fourth-order valence-corrected chi connectivity index (χ4v) is 2.35. The second-order valence-corrected chi connectivity index (χ2v) is 4.96. The molecule has 0 amide bonds. The first kappa shape index (κ1) is 14.7. The van der Waals surface area contributed by atoms with Crippen LogP contribution in [-0.2, 0) is 5.54 Å². The summed E-state index contributed by atoms with van der Waals surface area (Å²) in [4.78, 5) is 0.